The third kappa shape index (κ3) is 3.41. The van der Waals surface area contributed by atoms with Crippen LogP contribution in [0.1, 0.15) is 30.2 Å². The van der Waals surface area contributed by atoms with Crippen LogP contribution in [0.25, 0.3) is 0 Å². The van der Waals surface area contributed by atoms with E-state index in [1.54, 1.807) is 22.8 Å². The van der Waals surface area contributed by atoms with Crippen LogP contribution in [-0.4, -0.2) is 40.8 Å². The van der Waals surface area contributed by atoms with Crippen LogP contribution in [0.15, 0.2) is 36.7 Å². The number of carbonyl (C=O) groups is 1. The lowest BCUT2D eigenvalue weighted by molar-refractivity contribution is -0.135. The third-order valence-electron chi connectivity index (χ3n) is 4.23. The lowest BCUT2D eigenvalue weighted by Crippen LogP contribution is -2.37. The molecular weight excluding hydrogens is 314 g/mol. The zero-order valence-corrected chi connectivity index (χ0v) is 14.0. The van der Waals surface area contributed by atoms with Gasteiger partial charge in [-0.2, -0.15) is 5.10 Å². The zero-order chi connectivity index (χ0) is 16.4. The second kappa shape index (κ2) is 6.72. The molecule has 0 saturated heterocycles. The van der Waals surface area contributed by atoms with E-state index in [9.17, 15) is 4.79 Å². The van der Waals surface area contributed by atoms with Crippen LogP contribution in [0.3, 0.4) is 0 Å². The Morgan fingerprint density at radius 3 is 3.04 bits per heavy atom. The lowest BCUT2D eigenvalue weighted by atomic mass is 9.97. The minimum Gasteiger partial charge on any atom is -0.371 e. The maximum Gasteiger partial charge on any atom is 0.246 e. The molecule has 0 bridgehead atoms. The van der Waals surface area contributed by atoms with Crippen LogP contribution < -0.4 is 0 Å². The molecule has 1 amide bonds. The number of benzene rings is 1. The normalized spacial score (nSPS) is 18.3. The Morgan fingerprint density at radius 1 is 1.52 bits per heavy atom. The summed E-state index contributed by atoms with van der Waals surface area (Å²) >= 11 is 5.87. The summed E-state index contributed by atoms with van der Waals surface area (Å²) in [6.45, 7) is 3.03. The van der Waals surface area contributed by atoms with Gasteiger partial charge in [0.1, 0.15) is 12.1 Å². The molecule has 3 rings (SSSR count). The van der Waals surface area contributed by atoms with Gasteiger partial charge in [0.15, 0.2) is 0 Å². The van der Waals surface area contributed by atoms with Crippen LogP contribution in [0.4, 0.5) is 0 Å². The molecule has 5 nitrogen and oxygen atoms in total. The summed E-state index contributed by atoms with van der Waals surface area (Å²) < 4.78 is 7.46. The largest absolute Gasteiger partial charge is 0.371 e. The molecule has 0 N–H and O–H groups in total. The molecule has 1 aromatic carbocycles. The fraction of sp³-hybridized carbons (Fsp3) is 0.412. The predicted molar refractivity (Wildman–Crippen MR) is 88.4 cm³/mol. The Bertz CT molecular complexity index is 701. The smallest absolute Gasteiger partial charge is 0.246 e. The number of amides is 1. The highest BCUT2D eigenvalue weighted by Crippen LogP contribution is 2.28. The van der Waals surface area contributed by atoms with E-state index in [-0.39, 0.29) is 12.0 Å². The molecule has 0 saturated carbocycles. The molecule has 0 fully saturated rings. The second-order valence-electron chi connectivity index (χ2n) is 5.84. The number of nitrogens with zero attached hydrogens (tertiary/aromatic N) is 3. The highest BCUT2D eigenvalue weighted by atomic mass is 35.5. The Labute approximate surface area is 140 Å². The molecule has 122 valence electrons. The van der Waals surface area contributed by atoms with E-state index >= 15 is 0 Å². The second-order valence-corrected chi connectivity index (χ2v) is 6.28. The van der Waals surface area contributed by atoms with Gasteiger partial charge in [-0.05, 0) is 24.5 Å². The molecular formula is C17H20ClN3O2. The Kier molecular flexibility index (Phi) is 4.68. The van der Waals surface area contributed by atoms with E-state index in [1.807, 2.05) is 19.1 Å². The first-order chi connectivity index (χ1) is 11.1. The lowest BCUT2D eigenvalue weighted by Gasteiger charge is -2.30. The van der Waals surface area contributed by atoms with Gasteiger partial charge in [0.05, 0.1) is 24.4 Å². The van der Waals surface area contributed by atoms with Gasteiger partial charge in [0.25, 0.3) is 0 Å². The average Bonchev–Trinajstić information content (AvgIpc) is 3.00. The van der Waals surface area contributed by atoms with E-state index in [0.29, 0.717) is 18.2 Å². The number of halogens is 1. The van der Waals surface area contributed by atoms with Crippen molar-refractivity contribution in [3.63, 3.8) is 0 Å². The van der Waals surface area contributed by atoms with Crippen molar-refractivity contribution in [3.8, 4) is 0 Å². The van der Waals surface area contributed by atoms with Crippen molar-refractivity contribution in [3.05, 3.63) is 52.8 Å². The monoisotopic (exact) mass is 333 g/mol. The number of hydrogen-bond donors (Lipinski definition) is 0. The van der Waals surface area contributed by atoms with Crippen molar-refractivity contribution in [2.24, 2.45) is 0 Å². The van der Waals surface area contributed by atoms with Crippen molar-refractivity contribution < 1.29 is 9.53 Å². The Hall–Kier alpha value is -1.85. The fourth-order valence-electron chi connectivity index (χ4n) is 2.93. The summed E-state index contributed by atoms with van der Waals surface area (Å²) in [4.78, 5) is 14.3. The third-order valence-corrected chi connectivity index (χ3v) is 4.43. The van der Waals surface area contributed by atoms with E-state index in [4.69, 9.17) is 16.3 Å². The van der Waals surface area contributed by atoms with E-state index < -0.39 is 6.04 Å². The maximum absolute atomic E-state index is 12.6. The first kappa shape index (κ1) is 16.0. The molecule has 1 aromatic heterocycles. The minimum absolute atomic E-state index is 0.0172. The van der Waals surface area contributed by atoms with Crippen molar-refractivity contribution >= 4 is 17.5 Å². The minimum atomic E-state index is -0.397. The summed E-state index contributed by atoms with van der Waals surface area (Å²) in [7, 11) is 1.80. The highest BCUT2D eigenvalue weighted by molar-refractivity contribution is 6.30. The van der Waals surface area contributed by atoms with Crippen LogP contribution in [0.5, 0.6) is 0 Å². The van der Waals surface area contributed by atoms with Gasteiger partial charge in [-0.3, -0.25) is 9.48 Å². The molecule has 2 heterocycles. The SMILES string of the molecule is CC(C(=O)N(C)CC1OCCc2ccccc21)n1cc(Cl)cn1. The Balaban J connectivity index is 1.70. The predicted octanol–water partition coefficient (Wildman–Crippen LogP) is 2.87. The van der Waals surface area contributed by atoms with Crippen LogP contribution in [-0.2, 0) is 16.0 Å². The van der Waals surface area contributed by atoms with E-state index in [1.165, 1.54) is 17.3 Å². The van der Waals surface area contributed by atoms with Gasteiger partial charge in [-0.1, -0.05) is 35.9 Å². The molecule has 2 atom stereocenters. The molecule has 1 aliphatic rings. The van der Waals surface area contributed by atoms with Crippen molar-refractivity contribution in [2.75, 3.05) is 20.2 Å². The number of rotatable bonds is 4. The first-order valence-electron chi connectivity index (χ1n) is 7.70. The standard InChI is InChI=1S/C17H20ClN3O2/c1-12(21-10-14(18)9-19-21)17(22)20(2)11-16-15-6-4-3-5-13(15)7-8-23-16/h3-6,9-10,12,16H,7-8,11H2,1-2H3. The molecule has 6 heteroatoms. The van der Waals surface area contributed by atoms with E-state index in [2.05, 4.69) is 17.2 Å². The van der Waals surface area contributed by atoms with Crippen LogP contribution in [0.2, 0.25) is 5.02 Å². The van der Waals surface area contributed by atoms with Crippen LogP contribution in [0, 0.1) is 0 Å². The fourth-order valence-corrected chi connectivity index (χ4v) is 3.07. The zero-order valence-electron chi connectivity index (χ0n) is 13.3. The van der Waals surface area contributed by atoms with Crippen molar-refractivity contribution in [1.29, 1.82) is 0 Å². The number of aromatic nitrogens is 2. The van der Waals surface area contributed by atoms with Crippen molar-refractivity contribution in [1.82, 2.24) is 14.7 Å². The number of carbonyl (C=O) groups excluding carboxylic acids is 1. The molecule has 0 aliphatic carbocycles. The number of fused-ring (bicyclic) bond motifs is 1. The summed E-state index contributed by atoms with van der Waals surface area (Å²) in [5.41, 5.74) is 2.48. The van der Waals surface area contributed by atoms with Crippen molar-refractivity contribution in [2.45, 2.75) is 25.5 Å². The van der Waals surface area contributed by atoms with Gasteiger partial charge in [-0.25, -0.2) is 0 Å². The summed E-state index contributed by atoms with van der Waals surface area (Å²) in [5, 5.41) is 4.63. The molecule has 0 spiro atoms. The summed E-state index contributed by atoms with van der Waals surface area (Å²) in [6, 6.07) is 7.86. The number of likely N-dealkylation sites (N-methyl/N-ethyl adjacent to an activating group) is 1. The molecule has 2 unspecified atom stereocenters. The van der Waals surface area contributed by atoms with Gasteiger partial charge < -0.3 is 9.64 Å². The number of ether oxygens (including phenoxy) is 1. The quantitative estimate of drug-likeness (QED) is 0.864. The first-order valence-corrected chi connectivity index (χ1v) is 8.08. The topological polar surface area (TPSA) is 47.4 Å². The molecule has 23 heavy (non-hydrogen) atoms. The molecule has 1 aliphatic heterocycles. The Morgan fingerprint density at radius 2 is 2.30 bits per heavy atom. The van der Waals surface area contributed by atoms with Gasteiger partial charge in [0, 0.05) is 13.2 Å². The molecule has 0 radical (unpaired) electrons. The van der Waals surface area contributed by atoms with Gasteiger partial charge >= 0.3 is 0 Å². The van der Waals surface area contributed by atoms with Gasteiger partial charge in [-0.15, -0.1) is 0 Å². The van der Waals surface area contributed by atoms with Gasteiger partial charge in [0.2, 0.25) is 5.91 Å². The average molecular weight is 334 g/mol. The molecule has 2 aromatic rings. The maximum atomic E-state index is 12.6. The highest BCUT2D eigenvalue weighted by Gasteiger charge is 2.26. The number of hydrogen-bond acceptors (Lipinski definition) is 3. The summed E-state index contributed by atoms with van der Waals surface area (Å²) in [6.07, 6.45) is 4.03. The van der Waals surface area contributed by atoms with Crippen LogP contribution >= 0.6 is 11.6 Å². The summed E-state index contributed by atoms with van der Waals surface area (Å²) in [5.74, 6) is -0.0172. The van der Waals surface area contributed by atoms with E-state index in [0.717, 1.165) is 6.42 Å².